The van der Waals surface area contributed by atoms with Crippen molar-refractivity contribution in [2.45, 2.75) is 18.2 Å². The molecular formula is C26H22FNO3S. The number of anilines is 1. The van der Waals surface area contributed by atoms with Crippen molar-refractivity contribution < 1.29 is 17.6 Å². The highest BCUT2D eigenvalue weighted by Crippen LogP contribution is 2.44. The number of carbonyl (C=O) groups is 1. The Labute approximate surface area is 187 Å². The SMILES string of the molecule is CC1=C(CC(=O)Nc2ccccc2)c2cc(F)ccc2/C1=C\c1ccc(S(C)(=O)=O)cc1. The van der Waals surface area contributed by atoms with E-state index in [9.17, 15) is 17.6 Å². The second-order valence-electron chi connectivity index (χ2n) is 7.78. The van der Waals surface area contributed by atoms with Crippen molar-refractivity contribution in [1.29, 1.82) is 0 Å². The smallest absolute Gasteiger partial charge is 0.228 e. The van der Waals surface area contributed by atoms with Crippen LogP contribution in [-0.2, 0) is 14.6 Å². The van der Waals surface area contributed by atoms with Crippen molar-refractivity contribution >= 4 is 38.7 Å². The summed E-state index contributed by atoms with van der Waals surface area (Å²) in [6, 6.07) is 20.4. The number of rotatable bonds is 5. The van der Waals surface area contributed by atoms with Gasteiger partial charge in [0.2, 0.25) is 5.91 Å². The zero-order chi connectivity index (χ0) is 22.9. The molecule has 0 unspecified atom stereocenters. The van der Waals surface area contributed by atoms with Gasteiger partial charge in [0.1, 0.15) is 5.82 Å². The minimum Gasteiger partial charge on any atom is -0.326 e. The number of halogens is 1. The fraction of sp³-hybridized carbons (Fsp3) is 0.115. The average molecular weight is 448 g/mol. The van der Waals surface area contributed by atoms with Crippen LogP contribution in [0.15, 0.2) is 83.3 Å². The molecule has 162 valence electrons. The molecule has 0 radical (unpaired) electrons. The summed E-state index contributed by atoms with van der Waals surface area (Å²) in [5.74, 6) is -0.546. The molecule has 0 saturated carbocycles. The molecule has 6 heteroatoms. The summed E-state index contributed by atoms with van der Waals surface area (Å²) in [4.78, 5) is 12.9. The summed E-state index contributed by atoms with van der Waals surface area (Å²) < 4.78 is 37.5. The Balaban J connectivity index is 1.69. The molecular weight excluding hydrogens is 425 g/mol. The van der Waals surface area contributed by atoms with Gasteiger partial charge in [0.25, 0.3) is 0 Å². The maximum atomic E-state index is 14.1. The third kappa shape index (κ3) is 4.55. The molecule has 3 aromatic carbocycles. The highest BCUT2D eigenvalue weighted by atomic mass is 32.2. The van der Waals surface area contributed by atoms with E-state index in [2.05, 4.69) is 5.32 Å². The van der Waals surface area contributed by atoms with E-state index >= 15 is 0 Å². The van der Waals surface area contributed by atoms with Crippen molar-refractivity contribution in [2.75, 3.05) is 11.6 Å². The zero-order valence-electron chi connectivity index (χ0n) is 17.7. The zero-order valence-corrected chi connectivity index (χ0v) is 18.5. The van der Waals surface area contributed by atoms with Crippen LogP contribution in [0, 0.1) is 5.82 Å². The number of hydrogen-bond donors (Lipinski definition) is 1. The van der Waals surface area contributed by atoms with Crippen LogP contribution in [-0.4, -0.2) is 20.6 Å². The van der Waals surface area contributed by atoms with Gasteiger partial charge in [-0.1, -0.05) is 36.4 Å². The number of benzene rings is 3. The van der Waals surface area contributed by atoms with Crippen LogP contribution in [0.5, 0.6) is 0 Å². The van der Waals surface area contributed by atoms with Gasteiger partial charge >= 0.3 is 0 Å². The molecule has 32 heavy (non-hydrogen) atoms. The number of sulfone groups is 1. The van der Waals surface area contributed by atoms with Gasteiger partial charge < -0.3 is 5.32 Å². The third-order valence-corrected chi connectivity index (χ3v) is 6.60. The van der Waals surface area contributed by atoms with Gasteiger partial charge in [-0.2, -0.15) is 0 Å². The van der Waals surface area contributed by atoms with Crippen molar-refractivity contribution in [3.05, 3.63) is 101 Å². The van der Waals surface area contributed by atoms with Gasteiger partial charge in [-0.25, -0.2) is 12.8 Å². The van der Waals surface area contributed by atoms with Gasteiger partial charge in [-0.05, 0) is 82.8 Å². The molecule has 1 aliphatic carbocycles. The standard InChI is InChI=1S/C26H22FNO3S/c1-17-23(14-18-8-11-21(12-9-18)32(2,30)31)22-13-10-19(27)15-25(22)24(17)16-26(29)28-20-6-4-3-5-7-20/h3-15H,16H2,1-2H3,(H,28,29)/b23-14-. The van der Waals surface area contributed by atoms with Crippen LogP contribution in [0.4, 0.5) is 10.1 Å². The topological polar surface area (TPSA) is 63.2 Å². The predicted octanol–water partition coefficient (Wildman–Crippen LogP) is 5.59. The van der Waals surface area contributed by atoms with Gasteiger partial charge in [-0.3, -0.25) is 4.79 Å². The first kappa shape index (κ1) is 21.7. The normalized spacial score (nSPS) is 14.5. The van der Waals surface area contributed by atoms with Crippen LogP contribution < -0.4 is 5.32 Å². The Bertz CT molecular complexity index is 1360. The molecule has 0 saturated heterocycles. The lowest BCUT2D eigenvalue weighted by Gasteiger charge is -2.08. The Morgan fingerprint density at radius 2 is 1.66 bits per heavy atom. The molecule has 0 heterocycles. The molecule has 0 spiro atoms. The van der Waals surface area contributed by atoms with Gasteiger partial charge in [0.05, 0.1) is 11.3 Å². The monoisotopic (exact) mass is 447 g/mol. The largest absolute Gasteiger partial charge is 0.326 e. The second kappa shape index (κ2) is 8.55. The summed E-state index contributed by atoms with van der Waals surface area (Å²) in [6.45, 7) is 1.92. The van der Waals surface area contributed by atoms with E-state index in [1.807, 2.05) is 43.3 Å². The van der Waals surface area contributed by atoms with E-state index in [0.717, 1.165) is 27.8 Å². The van der Waals surface area contributed by atoms with Crippen LogP contribution in [0.25, 0.3) is 17.2 Å². The second-order valence-corrected chi connectivity index (χ2v) is 9.80. The van der Waals surface area contributed by atoms with E-state index in [1.165, 1.54) is 18.4 Å². The molecule has 0 bridgehead atoms. The first-order chi connectivity index (χ1) is 15.2. The van der Waals surface area contributed by atoms with E-state index in [0.29, 0.717) is 11.3 Å². The quantitative estimate of drug-likeness (QED) is 0.555. The molecule has 3 aromatic rings. The fourth-order valence-corrected chi connectivity index (χ4v) is 4.48. The highest BCUT2D eigenvalue weighted by Gasteiger charge is 2.25. The minimum atomic E-state index is -3.28. The molecule has 0 aromatic heterocycles. The summed E-state index contributed by atoms with van der Waals surface area (Å²) in [6.07, 6.45) is 3.21. The van der Waals surface area contributed by atoms with Crippen molar-refractivity contribution in [3.8, 4) is 0 Å². The lowest BCUT2D eigenvalue weighted by molar-refractivity contribution is -0.115. The predicted molar refractivity (Wildman–Crippen MR) is 126 cm³/mol. The van der Waals surface area contributed by atoms with Crippen LogP contribution in [0.3, 0.4) is 0 Å². The maximum Gasteiger partial charge on any atom is 0.228 e. The third-order valence-electron chi connectivity index (χ3n) is 5.47. The molecule has 4 rings (SSSR count). The number of para-hydroxylation sites is 1. The first-order valence-electron chi connectivity index (χ1n) is 10.1. The Morgan fingerprint density at radius 1 is 0.969 bits per heavy atom. The van der Waals surface area contributed by atoms with Gasteiger partial charge in [-0.15, -0.1) is 0 Å². The number of fused-ring (bicyclic) bond motifs is 1. The van der Waals surface area contributed by atoms with Crippen molar-refractivity contribution in [1.82, 2.24) is 0 Å². The van der Waals surface area contributed by atoms with E-state index in [4.69, 9.17) is 0 Å². The van der Waals surface area contributed by atoms with Crippen LogP contribution >= 0.6 is 0 Å². The lowest BCUT2D eigenvalue weighted by Crippen LogP contribution is -2.11. The van der Waals surface area contributed by atoms with Gasteiger partial charge in [0.15, 0.2) is 9.84 Å². The number of nitrogens with one attached hydrogen (secondary N) is 1. The van der Waals surface area contributed by atoms with E-state index < -0.39 is 9.84 Å². The number of carbonyl (C=O) groups excluding carboxylic acids is 1. The van der Waals surface area contributed by atoms with Crippen molar-refractivity contribution in [3.63, 3.8) is 0 Å². The molecule has 0 fully saturated rings. The summed E-state index contributed by atoms with van der Waals surface area (Å²) in [5.41, 5.74) is 5.61. The molecule has 4 nitrogen and oxygen atoms in total. The molecule has 1 amide bonds. The average Bonchev–Trinajstić information content (AvgIpc) is 2.99. The van der Waals surface area contributed by atoms with Gasteiger partial charge in [0, 0.05) is 11.9 Å². The first-order valence-corrected chi connectivity index (χ1v) is 12.0. The Morgan fingerprint density at radius 3 is 2.31 bits per heavy atom. The number of hydrogen-bond acceptors (Lipinski definition) is 3. The van der Waals surface area contributed by atoms with E-state index in [-0.39, 0.29) is 23.0 Å². The molecule has 0 aliphatic heterocycles. The highest BCUT2D eigenvalue weighted by molar-refractivity contribution is 7.90. The lowest BCUT2D eigenvalue weighted by atomic mass is 10.0. The minimum absolute atomic E-state index is 0.113. The van der Waals surface area contributed by atoms with Crippen molar-refractivity contribution in [2.24, 2.45) is 0 Å². The Hall–Kier alpha value is -3.51. The molecule has 1 aliphatic rings. The molecule has 0 atom stereocenters. The number of amides is 1. The Kier molecular flexibility index (Phi) is 5.80. The number of allylic oxidation sites excluding steroid dienone is 2. The molecule has 1 N–H and O–H groups in total. The summed E-state index contributed by atoms with van der Waals surface area (Å²) >= 11 is 0. The van der Waals surface area contributed by atoms with E-state index in [1.54, 1.807) is 30.3 Å². The van der Waals surface area contributed by atoms with Crippen LogP contribution in [0.1, 0.15) is 30.0 Å². The fourth-order valence-electron chi connectivity index (χ4n) is 3.85. The maximum absolute atomic E-state index is 14.1. The summed E-state index contributed by atoms with van der Waals surface area (Å²) in [5, 5.41) is 2.88. The summed E-state index contributed by atoms with van der Waals surface area (Å²) in [7, 11) is -3.28. The van der Waals surface area contributed by atoms with Crippen LogP contribution in [0.2, 0.25) is 0 Å².